The molecule has 4 nitrogen and oxygen atoms in total. The molecule has 0 aliphatic carbocycles. The average Bonchev–Trinajstić information content (AvgIpc) is 2.12. The lowest BCUT2D eigenvalue weighted by Crippen LogP contribution is -2.07. The van der Waals surface area contributed by atoms with Crippen molar-refractivity contribution in [3.8, 4) is 0 Å². The molecule has 1 aromatic carbocycles. The summed E-state index contributed by atoms with van der Waals surface area (Å²) in [5.74, 6) is -0.891. The summed E-state index contributed by atoms with van der Waals surface area (Å²) < 4.78 is 0. The van der Waals surface area contributed by atoms with E-state index in [1.807, 2.05) is 0 Å². The lowest BCUT2D eigenvalue weighted by Gasteiger charge is -2.05. The first-order chi connectivity index (χ1) is 6.68. The number of rotatable bonds is 5. The van der Waals surface area contributed by atoms with Gasteiger partial charge >= 0.3 is 5.97 Å². The van der Waals surface area contributed by atoms with Crippen LogP contribution in [0.4, 0.5) is 5.69 Å². The summed E-state index contributed by atoms with van der Waals surface area (Å²) in [6.45, 7) is 0.113. The highest BCUT2D eigenvalue weighted by Crippen LogP contribution is 2.14. The molecular weight excluding hydrogens is 206 g/mol. The smallest absolute Gasteiger partial charge is 0.305 e. The van der Waals surface area contributed by atoms with Gasteiger partial charge in [-0.15, -0.1) is 0 Å². The fourth-order valence-corrected chi connectivity index (χ4v) is 1.01. The van der Waals surface area contributed by atoms with Crippen LogP contribution in [-0.2, 0) is 9.63 Å². The Morgan fingerprint density at radius 1 is 1.57 bits per heavy atom. The van der Waals surface area contributed by atoms with Crippen molar-refractivity contribution in [2.75, 3.05) is 12.1 Å². The van der Waals surface area contributed by atoms with E-state index in [0.717, 1.165) is 0 Å². The SMILES string of the molecule is O=C(O)CCONc1cccc(Cl)c1. The van der Waals surface area contributed by atoms with E-state index in [9.17, 15) is 4.79 Å². The number of benzene rings is 1. The minimum atomic E-state index is -0.891. The summed E-state index contributed by atoms with van der Waals surface area (Å²) in [5.41, 5.74) is 3.29. The Bertz CT molecular complexity index is 317. The van der Waals surface area contributed by atoms with Gasteiger partial charge in [-0.25, -0.2) is 0 Å². The molecule has 0 unspecified atom stereocenters. The number of carbonyl (C=O) groups is 1. The maximum atomic E-state index is 10.1. The van der Waals surface area contributed by atoms with E-state index >= 15 is 0 Å². The van der Waals surface area contributed by atoms with Gasteiger partial charge in [0, 0.05) is 5.02 Å². The Morgan fingerprint density at radius 3 is 3.00 bits per heavy atom. The van der Waals surface area contributed by atoms with Gasteiger partial charge in [-0.2, -0.15) is 0 Å². The van der Waals surface area contributed by atoms with Crippen LogP contribution in [0.2, 0.25) is 5.02 Å². The van der Waals surface area contributed by atoms with Gasteiger partial charge in [0.05, 0.1) is 18.7 Å². The molecule has 0 bridgehead atoms. The number of hydrogen-bond acceptors (Lipinski definition) is 3. The molecule has 2 N–H and O–H groups in total. The summed E-state index contributed by atoms with van der Waals surface area (Å²) >= 11 is 5.72. The van der Waals surface area contributed by atoms with Crippen molar-refractivity contribution in [2.45, 2.75) is 6.42 Å². The predicted molar refractivity (Wildman–Crippen MR) is 53.3 cm³/mol. The Morgan fingerprint density at radius 2 is 2.36 bits per heavy atom. The van der Waals surface area contributed by atoms with E-state index in [2.05, 4.69) is 5.48 Å². The van der Waals surface area contributed by atoms with Gasteiger partial charge in [-0.3, -0.25) is 15.1 Å². The van der Waals surface area contributed by atoms with E-state index < -0.39 is 5.97 Å². The quantitative estimate of drug-likeness (QED) is 0.584. The van der Waals surface area contributed by atoms with Crippen molar-refractivity contribution in [2.24, 2.45) is 0 Å². The van der Waals surface area contributed by atoms with Crippen LogP contribution in [0.25, 0.3) is 0 Å². The van der Waals surface area contributed by atoms with Crippen molar-refractivity contribution >= 4 is 23.3 Å². The van der Waals surface area contributed by atoms with Crippen molar-refractivity contribution in [1.82, 2.24) is 0 Å². The Balaban J connectivity index is 2.28. The maximum absolute atomic E-state index is 10.1. The van der Waals surface area contributed by atoms with Crippen LogP contribution in [0.1, 0.15) is 6.42 Å². The molecular formula is C9H10ClNO3. The summed E-state index contributed by atoms with van der Waals surface area (Å²) in [6.07, 6.45) is -0.0342. The average molecular weight is 216 g/mol. The van der Waals surface area contributed by atoms with Gasteiger partial charge in [0.2, 0.25) is 0 Å². The zero-order chi connectivity index (χ0) is 10.4. The first-order valence-corrected chi connectivity index (χ1v) is 4.41. The monoisotopic (exact) mass is 215 g/mol. The van der Waals surface area contributed by atoms with Crippen molar-refractivity contribution in [1.29, 1.82) is 0 Å². The highest BCUT2D eigenvalue weighted by molar-refractivity contribution is 6.30. The Hall–Kier alpha value is -1.26. The second-order valence-corrected chi connectivity index (χ2v) is 3.04. The van der Waals surface area contributed by atoms with Crippen LogP contribution >= 0.6 is 11.6 Å². The van der Waals surface area contributed by atoms with Gasteiger partial charge in [0.1, 0.15) is 0 Å². The molecule has 0 radical (unpaired) electrons. The molecule has 1 rings (SSSR count). The number of hydrogen-bond donors (Lipinski definition) is 2. The maximum Gasteiger partial charge on any atom is 0.305 e. The molecule has 0 aliphatic heterocycles. The van der Waals surface area contributed by atoms with Gasteiger partial charge in [0.25, 0.3) is 0 Å². The van der Waals surface area contributed by atoms with Crippen molar-refractivity contribution in [3.05, 3.63) is 29.3 Å². The van der Waals surface area contributed by atoms with Gasteiger partial charge < -0.3 is 5.11 Å². The number of nitrogens with one attached hydrogen (secondary N) is 1. The molecule has 0 saturated heterocycles. The fourth-order valence-electron chi connectivity index (χ4n) is 0.825. The van der Waals surface area contributed by atoms with Crippen LogP contribution in [0.15, 0.2) is 24.3 Å². The number of carboxylic acids is 1. The van der Waals surface area contributed by atoms with E-state index in [0.29, 0.717) is 10.7 Å². The van der Waals surface area contributed by atoms with Crippen LogP contribution in [-0.4, -0.2) is 17.7 Å². The van der Waals surface area contributed by atoms with Crippen molar-refractivity contribution in [3.63, 3.8) is 0 Å². The third kappa shape index (κ3) is 4.11. The first-order valence-electron chi connectivity index (χ1n) is 4.03. The number of aliphatic carboxylic acids is 1. The zero-order valence-corrected chi connectivity index (χ0v) is 8.12. The molecule has 0 saturated carbocycles. The van der Waals surface area contributed by atoms with Gasteiger partial charge in [-0.05, 0) is 18.2 Å². The van der Waals surface area contributed by atoms with Gasteiger partial charge in [0.15, 0.2) is 0 Å². The first kappa shape index (κ1) is 10.8. The normalized spacial score (nSPS) is 9.79. The van der Waals surface area contributed by atoms with E-state index in [4.69, 9.17) is 21.5 Å². The molecule has 0 spiro atoms. The minimum Gasteiger partial charge on any atom is -0.481 e. The van der Waals surface area contributed by atoms with Crippen LogP contribution < -0.4 is 5.48 Å². The topological polar surface area (TPSA) is 58.6 Å². The molecule has 0 fully saturated rings. The number of halogens is 1. The number of carboxylic acid groups (broad SMARTS) is 1. The molecule has 0 atom stereocenters. The third-order valence-corrected chi connectivity index (χ3v) is 1.67. The predicted octanol–water partition coefficient (Wildman–Crippen LogP) is 2.16. The fraction of sp³-hybridized carbons (Fsp3) is 0.222. The largest absolute Gasteiger partial charge is 0.481 e. The second kappa shape index (κ2) is 5.47. The molecule has 0 heterocycles. The van der Waals surface area contributed by atoms with Crippen LogP contribution in [0.5, 0.6) is 0 Å². The lowest BCUT2D eigenvalue weighted by molar-refractivity contribution is -0.137. The zero-order valence-electron chi connectivity index (χ0n) is 7.37. The summed E-state index contributed by atoms with van der Waals surface area (Å²) in [7, 11) is 0. The molecule has 0 amide bonds. The van der Waals surface area contributed by atoms with E-state index in [1.54, 1.807) is 24.3 Å². The summed E-state index contributed by atoms with van der Waals surface area (Å²) in [6, 6.07) is 6.96. The summed E-state index contributed by atoms with van der Waals surface area (Å²) in [5, 5.41) is 8.92. The molecule has 0 aromatic heterocycles. The van der Waals surface area contributed by atoms with Gasteiger partial charge in [-0.1, -0.05) is 17.7 Å². The molecule has 1 aromatic rings. The van der Waals surface area contributed by atoms with E-state index in [1.165, 1.54) is 0 Å². The minimum absolute atomic E-state index is 0.0342. The van der Waals surface area contributed by atoms with Crippen molar-refractivity contribution < 1.29 is 14.7 Å². The third-order valence-electron chi connectivity index (χ3n) is 1.43. The highest BCUT2D eigenvalue weighted by atomic mass is 35.5. The van der Waals surface area contributed by atoms with Crippen LogP contribution in [0, 0.1) is 0 Å². The van der Waals surface area contributed by atoms with Crippen LogP contribution in [0.3, 0.4) is 0 Å². The second-order valence-electron chi connectivity index (χ2n) is 2.60. The standard InChI is InChI=1S/C9H10ClNO3/c10-7-2-1-3-8(6-7)11-14-5-4-9(12)13/h1-3,6,11H,4-5H2,(H,12,13). The molecule has 0 aliphatic rings. The Kier molecular flexibility index (Phi) is 4.22. The molecule has 14 heavy (non-hydrogen) atoms. The molecule has 76 valence electrons. The molecule has 5 heteroatoms. The number of anilines is 1. The summed E-state index contributed by atoms with van der Waals surface area (Å²) in [4.78, 5) is 15.0. The lowest BCUT2D eigenvalue weighted by atomic mass is 10.3. The highest BCUT2D eigenvalue weighted by Gasteiger charge is 1.97. The van der Waals surface area contributed by atoms with E-state index in [-0.39, 0.29) is 13.0 Å². The Labute approximate surface area is 86.4 Å².